The van der Waals surface area contributed by atoms with Crippen molar-refractivity contribution in [2.45, 2.75) is 46.3 Å². The number of nitrogens with zero attached hydrogens (tertiary/aromatic N) is 1. The third kappa shape index (κ3) is 2.86. The molecule has 20 heavy (non-hydrogen) atoms. The van der Waals surface area contributed by atoms with Crippen LogP contribution >= 0.6 is 0 Å². The minimum Gasteiger partial charge on any atom is -0.508 e. The quantitative estimate of drug-likeness (QED) is 0.795. The predicted molar refractivity (Wildman–Crippen MR) is 73.1 cm³/mol. The average molecular weight is 281 g/mol. The highest BCUT2D eigenvalue weighted by Gasteiger charge is 2.28. The molecule has 110 valence electrons. The van der Waals surface area contributed by atoms with Crippen molar-refractivity contribution in [2.24, 2.45) is 0 Å². The van der Waals surface area contributed by atoms with Gasteiger partial charge >= 0.3 is 6.09 Å². The summed E-state index contributed by atoms with van der Waals surface area (Å²) in [7, 11) is 0. The van der Waals surface area contributed by atoms with E-state index in [0.717, 1.165) is 11.6 Å². The van der Waals surface area contributed by atoms with Gasteiger partial charge in [-0.15, -0.1) is 0 Å². The molecule has 1 aromatic rings. The van der Waals surface area contributed by atoms with Crippen LogP contribution in [0.4, 0.5) is 9.18 Å². The van der Waals surface area contributed by atoms with Crippen molar-refractivity contribution in [2.75, 3.05) is 6.54 Å². The fourth-order valence-electron chi connectivity index (χ4n) is 2.35. The second-order valence-corrected chi connectivity index (χ2v) is 6.11. The topological polar surface area (TPSA) is 49.8 Å². The van der Waals surface area contributed by atoms with E-state index in [1.54, 1.807) is 27.7 Å². The first kappa shape index (κ1) is 14.6. The first-order chi connectivity index (χ1) is 9.19. The number of carbonyl (C=O) groups excluding carboxylic acids is 1. The Morgan fingerprint density at radius 3 is 2.65 bits per heavy atom. The van der Waals surface area contributed by atoms with Crippen LogP contribution in [0.3, 0.4) is 0 Å². The Morgan fingerprint density at radius 1 is 1.40 bits per heavy atom. The van der Waals surface area contributed by atoms with Crippen LogP contribution in [0.2, 0.25) is 0 Å². The average Bonchev–Trinajstić information content (AvgIpc) is 2.33. The summed E-state index contributed by atoms with van der Waals surface area (Å²) in [4.78, 5) is 13.5. The normalized spacial score (nSPS) is 14.9. The Kier molecular flexibility index (Phi) is 3.63. The number of carbonyl (C=O) groups is 1. The Balaban J connectivity index is 2.24. The van der Waals surface area contributed by atoms with Crippen molar-refractivity contribution in [3.05, 3.63) is 28.6 Å². The number of aromatic hydroxyl groups is 1. The third-order valence-corrected chi connectivity index (χ3v) is 3.39. The molecule has 1 heterocycles. The molecule has 0 atom stereocenters. The van der Waals surface area contributed by atoms with E-state index >= 15 is 0 Å². The Hall–Kier alpha value is -1.78. The number of rotatable bonds is 0. The molecular formula is C15H20FNO3. The number of hydrogen-bond acceptors (Lipinski definition) is 3. The molecule has 0 aliphatic carbocycles. The lowest BCUT2D eigenvalue weighted by Crippen LogP contribution is -2.40. The van der Waals surface area contributed by atoms with E-state index in [2.05, 4.69) is 0 Å². The van der Waals surface area contributed by atoms with E-state index < -0.39 is 17.5 Å². The SMILES string of the molecule is Cc1c(O)cc(F)c2c1CCN(C(=O)OC(C)(C)C)C2. The second kappa shape index (κ2) is 4.96. The molecule has 0 spiro atoms. The largest absolute Gasteiger partial charge is 0.508 e. The standard InChI is InChI=1S/C15H20FNO3/c1-9-10-5-6-17(14(19)20-15(2,3)4)8-11(10)12(16)7-13(9)18/h7,18H,5-6,8H2,1-4H3. The Morgan fingerprint density at radius 2 is 2.05 bits per heavy atom. The molecule has 1 aromatic carbocycles. The summed E-state index contributed by atoms with van der Waals surface area (Å²) in [6, 6.07) is 1.10. The molecule has 0 radical (unpaired) electrons. The molecule has 0 aromatic heterocycles. The van der Waals surface area contributed by atoms with Crippen molar-refractivity contribution in [1.82, 2.24) is 4.90 Å². The number of fused-ring (bicyclic) bond motifs is 1. The number of halogens is 1. The van der Waals surface area contributed by atoms with E-state index in [-0.39, 0.29) is 12.3 Å². The molecule has 1 aliphatic heterocycles. The van der Waals surface area contributed by atoms with Gasteiger partial charge in [0.25, 0.3) is 0 Å². The first-order valence-corrected chi connectivity index (χ1v) is 6.67. The zero-order chi connectivity index (χ0) is 15.1. The minimum absolute atomic E-state index is 0.0352. The van der Waals surface area contributed by atoms with Gasteiger partial charge in [0.1, 0.15) is 17.2 Å². The first-order valence-electron chi connectivity index (χ1n) is 6.67. The maximum absolute atomic E-state index is 13.9. The molecule has 1 aliphatic rings. The van der Waals surface area contributed by atoms with Crippen molar-refractivity contribution in [1.29, 1.82) is 0 Å². The molecule has 5 heteroatoms. The van der Waals surface area contributed by atoms with Gasteiger partial charge in [0.2, 0.25) is 0 Å². The Labute approximate surface area is 118 Å². The van der Waals surface area contributed by atoms with Gasteiger partial charge in [-0.25, -0.2) is 9.18 Å². The smallest absolute Gasteiger partial charge is 0.410 e. The van der Waals surface area contributed by atoms with Crippen LogP contribution in [-0.4, -0.2) is 28.2 Å². The molecule has 1 amide bonds. The lowest BCUT2D eigenvalue weighted by molar-refractivity contribution is 0.0221. The minimum atomic E-state index is -0.569. The molecule has 0 bridgehead atoms. The van der Waals surface area contributed by atoms with Gasteiger partial charge in [0.15, 0.2) is 0 Å². The maximum Gasteiger partial charge on any atom is 0.410 e. The number of hydrogen-bond donors (Lipinski definition) is 1. The van der Waals surface area contributed by atoms with E-state index in [9.17, 15) is 14.3 Å². The van der Waals surface area contributed by atoms with Crippen LogP contribution in [0.5, 0.6) is 5.75 Å². The maximum atomic E-state index is 13.9. The van der Waals surface area contributed by atoms with Crippen molar-refractivity contribution < 1.29 is 19.0 Å². The summed E-state index contributed by atoms with van der Waals surface area (Å²) in [5.41, 5.74) is 1.38. The van der Waals surface area contributed by atoms with Gasteiger partial charge in [-0.2, -0.15) is 0 Å². The van der Waals surface area contributed by atoms with E-state index in [4.69, 9.17) is 4.74 Å². The molecule has 0 saturated carbocycles. The lowest BCUT2D eigenvalue weighted by atomic mass is 9.94. The van der Waals surface area contributed by atoms with Crippen molar-refractivity contribution in [3.63, 3.8) is 0 Å². The zero-order valence-corrected chi connectivity index (χ0v) is 12.3. The summed E-state index contributed by atoms with van der Waals surface area (Å²) < 4.78 is 19.2. The van der Waals surface area contributed by atoms with Gasteiger partial charge in [0, 0.05) is 18.2 Å². The number of amides is 1. The van der Waals surface area contributed by atoms with E-state index in [1.165, 1.54) is 4.90 Å². The van der Waals surface area contributed by atoms with E-state index in [0.29, 0.717) is 24.1 Å². The predicted octanol–water partition coefficient (Wildman–Crippen LogP) is 3.13. The van der Waals surface area contributed by atoms with Crippen LogP contribution in [-0.2, 0) is 17.7 Å². The summed E-state index contributed by atoms with van der Waals surface area (Å²) >= 11 is 0. The fourth-order valence-corrected chi connectivity index (χ4v) is 2.35. The van der Waals surface area contributed by atoms with Crippen molar-refractivity contribution >= 4 is 6.09 Å². The van der Waals surface area contributed by atoms with E-state index in [1.807, 2.05) is 0 Å². The lowest BCUT2D eigenvalue weighted by Gasteiger charge is -2.32. The van der Waals surface area contributed by atoms with Crippen molar-refractivity contribution in [3.8, 4) is 5.75 Å². The number of ether oxygens (including phenoxy) is 1. The molecule has 4 nitrogen and oxygen atoms in total. The summed E-state index contributed by atoms with van der Waals surface area (Å²) in [5, 5.41) is 9.64. The van der Waals surface area contributed by atoms with Crippen LogP contribution < -0.4 is 0 Å². The van der Waals surface area contributed by atoms with Gasteiger partial charge in [-0.05, 0) is 45.2 Å². The zero-order valence-electron chi connectivity index (χ0n) is 12.3. The van der Waals surface area contributed by atoms with Gasteiger partial charge in [-0.1, -0.05) is 0 Å². The van der Waals surface area contributed by atoms with Gasteiger partial charge < -0.3 is 14.7 Å². The highest BCUT2D eigenvalue weighted by Crippen LogP contribution is 2.31. The molecule has 1 N–H and O–H groups in total. The second-order valence-electron chi connectivity index (χ2n) is 6.11. The Bertz CT molecular complexity index is 549. The van der Waals surface area contributed by atoms with Gasteiger partial charge in [-0.3, -0.25) is 0 Å². The summed E-state index contributed by atoms with van der Waals surface area (Å²) in [5.74, 6) is -0.511. The van der Waals surface area contributed by atoms with Crippen LogP contribution in [0.1, 0.15) is 37.5 Å². The summed E-state index contributed by atoms with van der Waals surface area (Å²) in [6.07, 6.45) is 0.0828. The molecule has 0 fully saturated rings. The van der Waals surface area contributed by atoms with Gasteiger partial charge in [0.05, 0.1) is 6.54 Å². The van der Waals surface area contributed by atoms with Crippen LogP contribution in [0.15, 0.2) is 6.07 Å². The number of phenols is 1. The van der Waals surface area contributed by atoms with Crippen LogP contribution in [0, 0.1) is 12.7 Å². The molecule has 2 rings (SSSR count). The third-order valence-electron chi connectivity index (χ3n) is 3.39. The fraction of sp³-hybridized carbons (Fsp3) is 0.533. The summed E-state index contributed by atoms with van der Waals surface area (Å²) in [6.45, 7) is 7.79. The highest BCUT2D eigenvalue weighted by atomic mass is 19.1. The number of benzene rings is 1. The molecule has 0 saturated heterocycles. The molecular weight excluding hydrogens is 261 g/mol. The number of phenolic OH excluding ortho intramolecular Hbond substituents is 1. The highest BCUT2D eigenvalue weighted by molar-refractivity contribution is 5.69. The molecule has 0 unspecified atom stereocenters. The van der Waals surface area contributed by atoms with Crippen LogP contribution in [0.25, 0.3) is 0 Å². The monoisotopic (exact) mass is 281 g/mol.